The molecule has 3 rings (SSSR count). The summed E-state index contributed by atoms with van der Waals surface area (Å²) in [6, 6.07) is 4.04. The minimum absolute atomic E-state index is 0.0825. The third kappa shape index (κ3) is 3.29. The summed E-state index contributed by atoms with van der Waals surface area (Å²) in [4.78, 5) is 12.2. The topological polar surface area (TPSA) is 55.1 Å². The van der Waals surface area contributed by atoms with E-state index in [2.05, 4.69) is 5.32 Å². The second-order valence-corrected chi connectivity index (χ2v) is 6.70. The third-order valence-corrected chi connectivity index (χ3v) is 5.05. The largest absolute Gasteiger partial charge is 0.353 e. The van der Waals surface area contributed by atoms with Gasteiger partial charge in [0, 0.05) is 12.1 Å². The van der Waals surface area contributed by atoms with Crippen LogP contribution in [0.25, 0.3) is 0 Å². The quantitative estimate of drug-likeness (QED) is 0.901. The number of nitrogens with two attached hydrogens (primary N) is 1. The van der Waals surface area contributed by atoms with Gasteiger partial charge in [0.1, 0.15) is 0 Å². The molecule has 3 nitrogen and oxygen atoms in total. The van der Waals surface area contributed by atoms with E-state index in [4.69, 9.17) is 5.73 Å². The molecule has 3 N–H and O–H groups in total. The number of carbonyl (C=O) groups is 1. The summed E-state index contributed by atoms with van der Waals surface area (Å²) in [6.45, 7) is 0. The standard InChI is InChI=1S/C17H22F2N2O/c18-14-5-4-10(6-15(14)19)7-16(22)21-17-11-2-1-3-12(17)9-13(20)8-11/h4-6,11-13,17H,1-3,7-9,20H2,(H,21,22). The maximum Gasteiger partial charge on any atom is 0.224 e. The molecule has 0 spiro atoms. The first-order chi connectivity index (χ1) is 10.5. The maximum atomic E-state index is 13.2. The average Bonchev–Trinajstić information content (AvgIpc) is 2.44. The molecule has 2 atom stereocenters. The number of carbonyl (C=O) groups excluding carboxylic acids is 1. The van der Waals surface area contributed by atoms with Gasteiger partial charge in [-0.1, -0.05) is 12.5 Å². The van der Waals surface area contributed by atoms with Gasteiger partial charge in [-0.25, -0.2) is 8.78 Å². The first kappa shape index (κ1) is 15.4. The number of hydrogen-bond donors (Lipinski definition) is 2. The average molecular weight is 308 g/mol. The van der Waals surface area contributed by atoms with Crippen molar-refractivity contribution in [1.82, 2.24) is 5.32 Å². The maximum absolute atomic E-state index is 13.2. The van der Waals surface area contributed by atoms with Crippen LogP contribution in [0.1, 0.15) is 37.7 Å². The predicted octanol–water partition coefficient (Wildman–Crippen LogP) is 2.53. The Morgan fingerprint density at radius 3 is 2.50 bits per heavy atom. The molecule has 2 saturated carbocycles. The number of nitrogens with one attached hydrogen (secondary N) is 1. The van der Waals surface area contributed by atoms with Crippen molar-refractivity contribution in [2.24, 2.45) is 17.6 Å². The predicted molar refractivity (Wildman–Crippen MR) is 80.0 cm³/mol. The highest BCUT2D eigenvalue weighted by atomic mass is 19.2. The van der Waals surface area contributed by atoms with E-state index >= 15 is 0 Å². The number of hydrogen-bond acceptors (Lipinski definition) is 2. The zero-order chi connectivity index (χ0) is 15.7. The van der Waals surface area contributed by atoms with Crippen molar-refractivity contribution in [3.8, 4) is 0 Å². The Morgan fingerprint density at radius 2 is 1.86 bits per heavy atom. The van der Waals surface area contributed by atoms with Crippen molar-refractivity contribution in [3.63, 3.8) is 0 Å². The molecule has 1 aromatic rings. The second kappa shape index (κ2) is 6.32. The van der Waals surface area contributed by atoms with Crippen molar-refractivity contribution in [2.75, 3.05) is 0 Å². The molecular weight excluding hydrogens is 286 g/mol. The van der Waals surface area contributed by atoms with Crippen LogP contribution in [0, 0.1) is 23.5 Å². The van der Waals surface area contributed by atoms with Crippen LogP contribution in [-0.4, -0.2) is 18.0 Å². The lowest BCUT2D eigenvalue weighted by molar-refractivity contribution is -0.122. The van der Waals surface area contributed by atoms with E-state index in [1.807, 2.05) is 0 Å². The van der Waals surface area contributed by atoms with E-state index in [9.17, 15) is 13.6 Å². The number of halogens is 2. The fourth-order valence-corrected chi connectivity index (χ4v) is 4.10. The van der Waals surface area contributed by atoms with Gasteiger partial charge in [0.05, 0.1) is 6.42 Å². The Balaban J connectivity index is 1.62. The first-order valence-corrected chi connectivity index (χ1v) is 8.02. The van der Waals surface area contributed by atoms with Crippen molar-refractivity contribution in [2.45, 2.75) is 50.6 Å². The normalized spacial score (nSPS) is 30.9. The Bertz CT molecular complexity index is 550. The minimum Gasteiger partial charge on any atom is -0.353 e. The highest BCUT2D eigenvalue weighted by Crippen LogP contribution is 2.39. The SMILES string of the molecule is NC1CC2CCCC(C1)C2NC(=O)Cc1ccc(F)c(F)c1. The molecule has 0 saturated heterocycles. The van der Waals surface area contributed by atoms with Crippen LogP contribution in [0.2, 0.25) is 0 Å². The van der Waals surface area contributed by atoms with Gasteiger partial charge in [0.2, 0.25) is 5.91 Å². The molecule has 0 radical (unpaired) electrons. The van der Waals surface area contributed by atoms with E-state index in [1.54, 1.807) is 0 Å². The molecule has 120 valence electrons. The Morgan fingerprint density at radius 1 is 1.18 bits per heavy atom. The summed E-state index contributed by atoms with van der Waals surface area (Å²) in [7, 11) is 0. The lowest BCUT2D eigenvalue weighted by Crippen LogP contribution is -2.54. The van der Waals surface area contributed by atoms with Crippen LogP contribution in [0.3, 0.4) is 0 Å². The number of fused-ring (bicyclic) bond motifs is 2. The molecule has 2 unspecified atom stereocenters. The molecule has 2 bridgehead atoms. The van der Waals surface area contributed by atoms with E-state index < -0.39 is 11.6 Å². The molecule has 22 heavy (non-hydrogen) atoms. The van der Waals surface area contributed by atoms with Crippen molar-refractivity contribution < 1.29 is 13.6 Å². The molecule has 2 fully saturated rings. The molecule has 1 amide bonds. The van der Waals surface area contributed by atoms with Crippen molar-refractivity contribution in [1.29, 1.82) is 0 Å². The van der Waals surface area contributed by atoms with E-state index in [0.29, 0.717) is 17.4 Å². The fourth-order valence-electron chi connectivity index (χ4n) is 4.10. The van der Waals surface area contributed by atoms with Crippen LogP contribution >= 0.6 is 0 Å². The lowest BCUT2D eigenvalue weighted by Gasteiger charge is -2.45. The van der Waals surface area contributed by atoms with Gasteiger partial charge in [0.15, 0.2) is 11.6 Å². The first-order valence-electron chi connectivity index (χ1n) is 8.02. The fraction of sp³-hybridized carbons (Fsp3) is 0.588. The highest BCUT2D eigenvalue weighted by Gasteiger charge is 2.39. The van der Waals surface area contributed by atoms with Crippen LogP contribution in [0.5, 0.6) is 0 Å². The van der Waals surface area contributed by atoms with Crippen LogP contribution < -0.4 is 11.1 Å². The van der Waals surface area contributed by atoms with Gasteiger partial charge in [-0.05, 0) is 55.2 Å². The summed E-state index contributed by atoms with van der Waals surface area (Å²) < 4.78 is 26.1. The van der Waals surface area contributed by atoms with E-state index in [1.165, 1.54) is 12.5 Å². The van der Waals surface area contributed by atoms with Gasteiger partial charge in [-0.2, -0.15) is 0 Å². The molecule has 0 aliphatic heterocycles. The molecule has 5 heteroatoms. The summed E-state index contributed by atoms with van der Waals surface area (Å²) in [6.07, 6.45) is 5.44. The smallest absolute Gasteiger partial charge is 0.224 e. The molecule has 0 heterocycles. The number of benzene rings is 1. The Labute approximate surface area is 129 Å². The van der Waals surface area contributed by atoms with Gasteiger partial charge < -0.3 is 11.1 Å². The molecular formula is C17H22F2N2O. The summed E-state index contributed by atoms with van der Waals surface area (Å²) in [5.74, 6) is -1.01. The number of rotatable bonds is 3. The zero-order valence-corrected chi connectivity index (χ0v) is 12.5. The summed E-state index contributed by atoms with van der Waals surface area (Å²) in [5, 5.41) is 3.11. The molecule has 1 aromatic carbocycles. The summed E-state index contributed by atoms with van der Waals surface area (Å²) in [5.41, 5.74) is 6.58. The van der Waals surface area contributed by atoms with Gasteiger partial charge in [0.25, 0.3) is 0 Å². The summed E-state index contributed by atoms with van der Waals surface area (Å²) >= 11 is 0. The van der Waals surface area contributed by atoms with Gasteiger partial charge in [-0.15, -0.1) is 0 Å². The monoisotopic (exact) mass is 308 g/mol. The van der Waals surface area contributed by atoms with Crippen LogP contribution in [0.4, 0.5) is 8.78 Å². The molecule has 2 aliphatic rings. The van der Waals surface area contributed by atoms with Gasteiger partial charge in [-0.3, -0.25) is 4.79 Å². The third-order valence-electron chi connectivity index (χ3n) is 5.05. The van der Waals surface area contributed by atoms with Crippen LogP contribution in [0.15, 0.2) is 18.2 Å². The Kier molecular flexibility index (Phi) is 4.43. The minimum atomic E-state index is -0.911. The second-order valence-electron chi connectivity index (χ2n) is 6.70. The van der Waals surface area contributed by atoms with Crippen LogP contribution in [-0.2, 0) is 11.2 Å². The zero-order valence-electron chi connectivity index (χ0n) is 12.5. The Hall–Kier alpha value is -1.49. The van der Waals surface area contributed by atoms with E-state index in [-0.39, 0.29) is 24.4 Å². The molecule has 2 aliphatic carbocycles. The lowest BCUT2D eigenvalue weighted by atomic mass is 9.67. The van der Waals surface area contributed by atoms with E-state index in [0.717, 1.165) is 37.8 Å². The van der Waals surface area contributed by atoms with Gasteiger partial charge >= 0.3 is 0 Å². The van der Waals surface area contributed by atoms with Crippen molar-refractivity contribution >= 4 is 5.91 Å². The van der Waals surface area contributed by atoms with Crippen molar-refractivity contribution in [3.05, 3.63) is 35.4 Å². The molecule has 0 aromatic heterocycles. The number of amides is 1. The highest BCUT2D eigenvalue weighted by molar-refractivity contribution is 5.79.